The molecule has 1 saturated heterocycles. The van der Waals surface area contributed by atoms with Gasteiger partial charge in [0.2, 0.25) is 5.78 Å². The first-order valence-corrected chi connectivity index (χ1v) is 8.39. The Kier molecular flexibility index (Phi) is 4.44. The average molecular weight is 340 g/mol. The third-order valence-electron chi connectivity index (χ3n) is 4.62. The van der Waals surface area contributed by atoms with Crippen molar-refractivity contribution < 1.29 is 4.39 Å². The molecule has 3 aromatic rings. The van der Waals surface area contributed by atoms with Crippen LogP contribution in [-0.2, 0) is 6.54 Å². The number of rotatable bonds is 5. The molecule has 2 aromatic heterocycles. The zero-order valence-electron chi connectivity index (χ0n) is 14.1. The van der Waals surface area contributed by atoms with Crippen LogP contribution in [0.25, 0.3) is 5.78 Å². The molecule has 0 radical (unpaired) electrons. The highest BCUT2D eigenvalue weighted by Gasteiger charge is 2.29. The number of fused-ring (bicyclic) bond motifs is 1. The molecule has 1 fully saturated rings. The number of imidazole rings is 1. The average Bonchev–Trinajstić information content (AvgIpc) is 3.24. The second-order valence-corrected chi connectivity index (χ2v) is 6.61. The molecular weight excluding hydrogens is 319 g/mol. The van der Waals surface area contributed by atoms with Crippen LogP contribution in [0.5, 0.6) is 0 Å². The highest BCUT2D eigenvalue weighted by atomic mass is 19.1. The van der Waals surface area contributed by atoms with Gasteiger partial charge in [-0.05, 0) is 24.7 Å². The predicted octanol–water partition coefficient (Wildman–Crippen LogP) is 1.77. The fraction of sp³-hybridized carbons (Fsp3) is 0.333. The van der Waals surface area contributed by atoms with Crippen LogP contribution in [0, 0.1) is 11.7 Å². The van der Waals surface area contributed by atoms with Crippen LogP contribution >= 0.6 is 0 Å². The number of benzene rings is 1. The van der Waals surface area contributed by atoms with Gasteiger partial charge in [-0.15, -0.1) is 0 Å². The largest absolute Gasteiger partial charge is 0.302 e. The molecule has 1 aliphatic heterocycles. The molecule has 2 atom stereocenters. The van der Waals surface area contributed by atoms with Crippen LogP contribution in [0.15, 0.2) is 49.1 Å². The highest BCUT2D eigenvalue weighted by molar-refractivity contribution is 5.28. The van der Waals surface area contributed by atoms with E-state index in [1.807, 2.05) is 28.9 Å². The van der Waals surface area contributed by atoms with Gasteiger partial charge in [-0.2, -0.15) is 0 Å². The van der Waals surface area contributed by atoms with E-state index in [1.165, 1.54) is 12.1 Å². The van der Waals surface area contributed by atoms with Crippen molar-refractivity contribution >= 4 is 5.78 Å². The van der Waals surface area contributed by atoms with Crippen molar-refractivity contribution in [2.24, 2.45) is 5.92 Å². The van der Waals surface area contributed by atoms with Gasteiger partial charge < -0.3 is 4.90 Å². The quantitative estimate of drug-likeness (QED) is 0.741. The summed E-state index contributed by atoms with van der Waals surface area (Å²) in [7, 11) is 2.11. The summed E-state index contributed by atoms with van der Waals surface area (Å²) < 4.78 is 15.1. The lowest BCUT2D eigenvalue weighted by atomic mass is 9.94. The first-order chi connectivity index (χ1) is 12.2. The standard InChI is InChI=1S/C18H21FN6/c1-24(10-13-8-21-18-20-6-7-25(18)11-13)12-15-9-22-23-17(15)14-2-4-16(19)5-3-14/h2-8,11,15,17,22-23H,9-10,12H2,1H3. The molecule has 7 heteroatoms. The summed E-state index contributed by atoms with van der Waals surface area (Å²) in [5.74, 6) is 0.915. The summed E-state index contributed by atoms with van der Waals surface area (Å²) in [6.07, 6.45) is 7.59. The first kappa shape index (κ1) is 16.1. The van der Waals surface area contributed by atoms with Crippen molar-refractivity contribution in [2.45, 2.75) is 12.6 Å². The van der Waals surface area contributed by atoms with Crippen LogP contribution in [0.3, 0.4) is 0 Å². The summed E-state index contributed by atoms with van der Waals surface area (Å²) in [5.41, 5.74) is 8.79. The monoisotopic (exact) mass is 340 g/mol. The molecule has 4 rings (SSSR count). The lowest BCUT2D eigenvalue weighted by Gasteiger charge is -2.25. The van der Waals surface area contributed by atoms with Crippen molar-refractivity contribution in [1.29, 1.82) is 0 Å². The van der Waals surface area contributed by atoms with E-state index in [9.17, 15) is 4.39 Å². The fourth-order valence-electron chi connectivity index (χ4n) is 3.45. The molecule has 130 valence electrons. The molecule has 2 unspecified atom stereocenters. The maximum atomic E-state index is 13.2. The van der Waals surface area contributed by atoms with Gasteiger partial charge in [0.1, 0.15) is 5.82 Å². The van der Waals surface area contributed by atoms with Crippen molar-refractivity contribution in [3.8, 4) is 0 Å². The molecule has 2 N–H and O–H groups in total. The number of hydrazine groups is 1. The van der Waals surface area contributed by atoms with Crippen molar-refractivity contribution in [3.63, 3.8) is 0 Å². The van der Waals surface area contributed by atoms with E-state index in [0.717, 1.165) is 30.8 Å². The van der Waals surface area contributed by atoms with Crippen LogP contribution in [0.1, 0.15) is 17.2 Å². The minimum Gasteiger partial charge on any atom is -0.302 e. The predicted molar refractivity (Wildman–Crippen MR) is 93.1 cm³/mol. The summed E-state index contributed by atoms with van der Waals surface area (Å²) in [6, 6.07) is 6.91. The molecule has 0 bridgehead atoms. The van der Waals surface area contributed by atoms with E-state index in [2.05, 4.69) is 39.0 Å². The van der Waals surface area contributed by atoms with Crippen molar-refractivity contribution in [2.75, 3.05) is 20.1 Å². The number of hydrogen-bond donors (Lipinski definition) is 2. The van der Waals surface area contributed by atoms with Gasteiger partial charge >= 0.3 is 0 Å². The second kappa shape index (κ2) is 6.87. The Morgan fingerprint density at radius 1 is 1.28 bits per heavy atom. The van der Waals surface area contributed by atoms with Crippen LogP contribution in [0.4, 0.5) is 4.39 Å². The molecule has 25 heavy (non-hydrogen) atoms. The summed E-state index contributed by atoms with van der Waals surface area (Å²) in [6.45, 7) is 2.61. The zero-order chi connectivity index (χ0) is 17.2. The maximum absolute atomic E-state index is 13.2. The number of nitrogens with one attached hydrogen (secondary N) is 2. The van der Waals surface area contributed by atoms with Crippen molar-refractivity contribution in [1.82, 2.24) is 30.1 Å². The summed E-state index contributed by atoms with van der Waals surface area (Å²) >= 11 is 0. The van der Waals surface area contributed by atoms with Gasteiger partial charge in [0.05, 0.1) is 6.04 Å². The molecule has 0 saturated carbocycles. The van der Waals surface area contributed by atoms with Crippen LogP contribution < -0.4 is 10.9 Å². The first-order valence-electron chi connectivity index (χ1n) is 8.39. The third-order valence-corrected chi connectivity index (χ3v) is 4.62. The molecule has 1 aliphatic rings. The summed E-state index contributed by atoms with van der Waals surface area (Å²) in [4.78, 5) is 10.8. The number of hydrogen-bond acceptors (Lipinski definition) is 5. The normalized spacial score (nSPS) is 20.6. The van der Waals surface area contributed by atoms with E-state index in [4.69, 9.17) is 0 Å². The Morgan fingerprint density at radius 2 is 2.12 bits per heavy atom. The van der Waals surface area contributed by atoms with E-state index in [0.29, 0.717) is 11.7 Å². The Bertz CT molecular complexity index is 846. The number of nitrogens with zero attached hydrogens (tertiary/aromatic N) is 4. The molecule has 3 heterocycles. The fourth-order valence-corrected chi connectivity index (χ4v) is 3.45. The molecular formula is C18H21FN6. The van der Waals surface area contributed by atoms with E-state index < -0.39 is 0 Å². The Balaban J connectivity index is 1.42. The maximum Gasteiger partial charge on any atom is 0.233 e. The Hall–Kier alpha value is -2.35. The highest BCUT2D eigenvalue weighted by Crippen LogP contribution is 2.26. The van der Waals surface area contributed by atoms with Crippen LogP contribution in [0.2, 0.25) is 0 Å². The Labute approximate surface area is 145 Å². The topological polar surface area (TPSA) is 57.5 Å². The zero-order valence-corrected chi connectivity index (χ0v) is 14.1. The molecule has 6 nitrogen and oxygen atoms in total. The lowest BCUT2D eigenvalue weighted by molar-refractivity contribution is 0.262. The van der Waals surface area contributed by atoms with Gasteiger partial charge in [0.15, 0.2) is 0 Å². The van der Waals surface area contributed by atoms with Gasteiger partial charge in [0.25, 0.3) is 0 Å². The van der Waals surface area contributed by atoms with Gasteiger partial charge in [-0.1, -0.05) is 12.1 Å². The number of aromatic nitrogens is 3. The molecule has 0 aliphatic carbocycles. The lowest BCUT2D eigenvalue weighted by Crippen LogP contribution is -2.30. The van der Waals surface area contributed by atoms with Crippen LogP contribution in [-0.4, -0.2) is 39.4 Å². The molecule has 0 amide bonds. The SMILES string of the molecule is CN(Cc1cnc2nccn2c1)CC1CNNC1c1ccc(F)cc1. The van der Waals surface area contributed by atoms with E-state index in [-0.39, 0.29) is 11.9 Å². The van der Waals surface area contributed by atoms with Crippen molar-refractivity contribution in [3.05, 3.63) is 66.0 Å². The minimum absolute atomic E-state index is 0.178. The van der Waals surface area contributed by atoms with E-state index >= 15 is 0 Å². The Morgan fingerprint density at radius 3 is 2.96 bits per heavy atom. The second-order valence-electron chi connectivity index (χ2n) is 6.61. The minimum atomic E-state index is -0.203. The van der Waals surface area contributed by atoms with E-state index in [1.54, 1.807) is 6.20 Å². The van der Waals surface area contributed by atoms with Gasteiger partial charge in [-0.3, -0.25) is 9.83 Å². The van der Waals surface area contributed by atoms with Gasteiger partial charge in [-0.25, -0.2) is 19.8 Å². The molecule has 1 aromatic carbocycles. The summed E-state index contributed by atoms with van der Waals surface area (Å²) in [5, 5.41) is 0. The smallest absolute Gasteiger partial charge is 0.233 e. The third kappa shape index (κ3) is 3.53. The number of halogens is 1. The van der Waals surface area contributed by atoms with Gasteiger partial charge in [0, 0.05) is 55.9 Å². The molecule has 0 spiro atoms.